The van der Waals surface area contributed by atoms with Crippen LogP contribution in [0.2, 0.25) is 0 Å². The maximum Gasteiger partial charge on any atom is 0.304 e. The van der Waals surface area contributed by atoms with Crippen LogP contribution in [0, 0.1) is 5.82 Å². The van der Waals surface area contributed by atoms with Crippen molar-refractivity contribution in [2.45, 2.75) is 0 Å². The Morgan fingerprint density at radius 1 is 1.06 bits per heavy atom. The number of carbonyl (C=O) groups excluding carboxylic acids is 3. The molecule has 1 rings (SSSR count). The largest absolute Gasteiger partial charge is 0.304 e. The molecule has 3 nitrogen and oxygen atoms in total. The van der Waals surface area contributed by atoms with Crippen molar-refractivity contribution in [3.05, 3.63) is 34.1 Å². The number of hydrogen-bond donors (Lipinski definition) is 0. The van der Waals surface area contributed by atoms with Gasteiger partial charge in [-0.05, 0) is 68.9 Å². The maximum absolute atomic E-state index is 12.6. The van der Waals surface area contributed by atoms with Gasteiger partial charge in [-0.25, -0.2) is 4.39 Å². The predicted octanol–water partition coefficient (Wildman–Crippen LogP) is 3.48. The average molecular weight is 364 g/mol. The Kier molecular flexibility index (Phi) is 7.54. The van der Waals surface area contributed by atoms with Crippen molar-refractivity contribution >= 4 is 66.5 Å². The summed E-state index contributed by atoms with van der Waals surface area (Å²) in [6.45, 7) is 0. The normalized spacial score (nSPS) is 9.00. The van der Waals surface area contributed by atoms with Crippen LogP contribution >= 0.6 is 50.7 Å². The van der Waals surface area contributed by atoms with E-state index in [9.17, 15) is 18.8 Å². The summed E-state index contributed by atoms with van der Waals surface area (Å²) in [5, 5.41) is -2.88. The van der Waals surface area contributed by atoms with Gasteiger partial charge in [-0.2, -0.15) is 0 Å². The quantitative estimate of drug-likeness (QED) is 0.596. The molecule has 1 aromatic rings. The summed E-state index contributed by atoms with van der Waals surface area (Å²) in [4.78, 5) is 29.4. The minimum Gasteiger partial charge on any atom is -0.276 e. The van der Waals surface area contributed by atoms with Gasteiger partial charge in [-0.15, -0.1) is 0 Å². The zero-order valence-electron chi connectivity index (χ0n) is 7.85. The molecular formula is C9H3BrCl3FO3. The number of hydrogen-bond acceptors (Lipinski definition) is 3. The Morgan fingerprint density at radius 3 is 1.82 bits per heavy atom. The van der Waals surface area contributed by atoms with Crippen molar-refractivity contribution in [3.8, 4) is 0 Å². The molecule has 0 aliphatic heterocycles. The van der Waals surface area contributed by atoms with E-state index < -0.39 is 21.5 Å². The molecule has 17 heavy (non-hydrogen) atoms. The summed E-state index contributed by atoms with van der Waals surface area (Å²) < 4.78 is 12.8. The first-order valence-corrected chi connectivity index (χ1v) is 5.72. The van der Waals surface area contributed by atoms with Gasteiger partial charge in [0.1, 0.15) is 5.82 Å². The minimum absolute atomic E-state index is 0.240. The Morgan fingerprint density at radius 2 is 1.53 bits per heavy atom. The van der Waals surface area contributed by atoms with E-state index in [0.29, 0.717) is 0 Å². The molecule has 0 spiro atoms. The summed E-state index contributed by atoms with van der Waals surface area (Å²) >= 11 is 17.1. The van der Waals surface area contributed by atoms with E-state index in [1.807, 2.05) is 0 Å². The van der Waals surface area contributed by atoms with E-state index in [-0.39, 0.29) is 10.0 Å². The number of carbonyl (C=O) groups is 3. The fourth-order valence-electron chi connectivity index (χ4n) is 0.618. The van der Waals surface area contributed by atoms with Crippen LogP contribution in [0.15, 0.2) is 22.7 Å². The van der Waals surface area contributed by atoms with Crippen LogP contribution in [0.5, 0.6) is 0 Å². The van der Waals surface area contributed by atoms with Crippen molar-refractivity contribution in [1.29, 1.82) is 0 Å². The van der Waals surface area contributed by atoms with E-state index in [0.717, 1.165) is 0 Å². The minimum atomic E-state index is -1.14. The summed E-state index contributed by atoms with van der Waals surface area (Å²) in [5.74, 6) is -0.410. The Hall–Kier alpha value is -0.490. The molecule has 0 atom stereocenters. The molecule has 0 saturated heterocycles. The van der Waals surface area contributed by atoms with Crippen LogP contribution in [-0.4, -0.2) is 15.7 Å². The van der Waals surface area contributed by atoms with Crippen molar-refractivity contribution < 1.29 is 18.8 Å². The van der Waals surface area contributed by atoms with Crippen LogP contribution in [0.1, 0.15) is 10.4 Å². The van der Waals surface area contributed by atoms with Gasteiger partial charge in [-0.1, -0.05) is 0 Å². The molecule has 0 N–H and O–H groups in total. The van der Waals surface area contributed by atoms with Crippen LogP contribution < -0.4 is 0 Å². The molecule has 0 heterocycles. The van der Waals surface area contributed by atoms with Gasteiger partial charge in [0.25, 0.3) is 5.24 Å². The van der Waals surface area contributed by atoms with Gasteiger partial charge in [0.15, 0.2) is 0 Å². The van der Waals surface area contributed by atoms with E-state index in [1.165, 1.54) is 18.2 Å². The lowest BCUT2D eigenvalue weighted by Gasteiger charge is -1.95. The second-order valence-electron chi connectivity index (χ2n) is 2.45. The van der Waals surface area contributed by atoms with Crippen molar-refractivity contribution in [2.75, 3.05) is 0 Å². The zero-order valence-corrected chi connectivity index (χ0v) is 11.7. The molecule has 0 fully saturated rings. The first-order chi connectivity index (χ1) is 7.75. The standard InChI is InChI=1S/C7H3BrClFO.C2Cl2O2/c8-5-3-4(7(9)11)1-2-6(5)10;3-1(5)2(4)6/h1-3H;. The van der Waals surface area contributed by atoms with Gasteiger partial charge >= 0.3 is 10.5 Å². The molecular weight excluding hydrogens is 361 g/mol. The van der Waals surface area contributed by atoms with Crippen LogP contribution in [0.4, 0.5) is 4.39 Å². The van der Waals surface area contributed by atoms with Gasteiger partial charge in [0.05, 0.1) is 4.47 Å². The molecule has 0 amide bonds. The van der Waals surface area contributed by atoms with Crippen LogP contribution in [0.25, 0.3) is 0 Å². The monoisotopic (exact) mass is 362 g/mol. The SMILES string of the molecule is O=C(Cl)C(=O)Cl.O=C(Cl)c1ccc(F)c(Br)c1. The zero-order chi connectivity index (χ0) is 13.6. The lowest BCUT2D eigenvalue weighted by Crippen LogP contribution is -1.94. The first kappa shape index (κ1) is 16.5. The molecule has 0 aliphatic rings. The second kappa shape index (κ2) is 7.76. The van der Waals surface area contributed by atoms with Crippen molar-refractivity contribution in [2.24, 2.45) is 0 Å². The molecule has 0 unspecified atom stereocenters. The molecule has 0 bridgehead atoms. The maximum atomic E-state index is 12.6. The molecule has 0 aliphatic carbocycles. The summed E-state index contributed by atoms with van der Waals surface area (Å²) in [7, 11) is 0. The highest BCUT2D eigenvalue weighted by Crippen LogP contribution is 2.17. The molecule has 0 radical (unpaired) electrons. The third-order valence-corrected chi connectivity index (χ3v) is 2.57. The summed E-state index contributed by atoms with van der Waals surface area (Å²) in [5.41, 5.74) is 0.278. The van der Waals surface area contributed by atoms with Crippen LogP contribution in [-0.2, 0) is 9.59 Å². The number of halogens is 5. The third kappa shape index (κ3) is 6.73. The Bertz CT molecular complexity index is 453. The van der Waals surface area contributed by atoms with E-state index in [2.05, 4.69) is 39.1 Å². The molecule has 0 aromatic heterocycles. The third-order valence-electron chi connectivity index (χ3n) is 1.30. The average Bonchev–Trinajstić information content (AvgIpc) is 2.22. The van der Waals surface area contributed by atoms with Crippen molar-refractivity contribution in [3.63, 3.8) is 0 Å². The summed E-state index contributed by atoms with van der Waals surface area (Å²) in [6.07, 6.45) is 0. The van der Waals surface area contributed by atoms with Crippen molar-refractivity contribution in [1.82, 2.24) is 0 Å². The highest BCUT2D eigenvalue weighted by atomic mass is 79.9. The summed E-state index contributed by atoms with van der Waals surface area (Å²) in [6, 6.07) is 3.85. The van der Waals surface area contributed by atoms with Gasteiger partial charge in [0.2, 0.25) is 0 Å². The highest BCUT2D eigenvalue weighted by molar-refractivity contribution is 9.10. The predicted molar refractivity (Wildman–Crippen MR) is 66.0 cm³/mol. The number of rotatable bonds is 2. The fraction of sp³-hybridized carbons (Fsp3) is 0. The van der Waals surface area contributed by atoms with Gasteiger partial charge < -0.3 is 0 Å². The van der Waals surface area contributed by atoms with E-state index in [1.54, 1.807) is 0 Å². The molecule has 0 saturated carbocycles. The Balaban J connectivity index is 0.000000366. The first-order valence-electron chi connectivity index (χ1n) is 3.80. The van der Waals surface area contributed by atoms with E-state index >= 15 is 0 Å². The molecule has 1 aromatic carbocycles. The topological polar surface area (TPSA) is 51.2 Å². The van der Waals surface area contributed by atoms with Crippen LogP contribution in [0.3, 0.4) is 0 Å². The van der Waals surface area contributed by atoms with E-state index in [4.69, 9.17) is 11.6 Å². The highest BCUT2D eigenvalue weighted by Gasteiger charge is 2.04. The molecule has 8 heteroatoms. The fourth-order valence-corrected chi connectivity index (χ4v) is 1.11. The van der Waals surface area contributed by atoms with Gasteiger partial charge in [-0.3, -0.25) is 14.4 Å². The smallest absolute Gasteiger partial charge is 0.276 e. The lowest BCUT2D eigenvalue weighted by atomic mass is 10.2. The number of benzene rings is 1. The molecule has 92 valence electrons. The van der Waals surface area contributed by atoms with Gasteiger partial charge in [0, 0.05) is 5.56 Å². The lowest BCUT2D eigenvalue weighted by molar-refractivity contribution is -0.127. The Labute approximate surface area is 119 Å². The second-order valence-corrected chi connectivity index (χ2v) is 4.33.